The average Bonchev–Trinajstić information content (AvgIpc) is 3.80. The number of aromatic amines is 2. The van der Waals surface area contributed by atoms with Crippen LogP contribution in [0, 0.1) is 13.8 Å². The average molecular weight is 836 g/mol. The molecule has 0 spiro atoms. The number of aliphatic carboxylic acids is 1. The third kappa shape index (κ3) is 8.24. The maximum atomic E-state index is 14.0. The summed E-state index contributed by atoms with van der Waals surface area (Å²) in [5.41, 5.74) is 11.3. The molecule has 2 aliphatic heterocycles. The van der Waals surface area contributed by atoms with Gasteiger partial charge in [0.1, 0.15) is 0 Å². The second-order valence-corrected chi connectivity index (χ2v) is 14.1. The summed E-state index contributed by atoms with van der Waals surface area (Å²) in [6.45, 7) is 10.0. The number of carboxylic acids is 1. The summed E-state index contributed by atoms with van der Waals surface area (Å²) in [5.74, 6) is -2.79. The number of amides is 1. The number of fused-ring (bicyclic) bond motifs is 8. The van der Waals surface area contributed by atoms with Crippen LogP contribution < -0.4 is 5.32 Å². The molecule has 53 heavy (non-hydrogen) atoms. The first kappa shape index (κ1) is 39.4. The first-order valence-electron chi connectivity index (χ1n) is 17.7. The lowest BCUT2D eigenvalue weighted by Crippen LogP contribution is -2.27. The number of nitrogens with one attached hydrogen (secondary N) is 3. The molecule has 2 atom stereocenters. The molecular formula is C40H46IN5O7. The van der Waals surface area contributed by atoms with E-state index in [4.69, 9.17) is 19.4 Å². The van der Waals surface area contributed by atoms with Crippen LogP contribution in [-0.2, 0) is 41.5 Å². The van der Waals surface area contributed by atoms with Crippen LogP contribution in [0.15, 0.2) is 22.3 Å². The molecule has 0 saturated heterocycles. The number of carbonyl (C=O) groups is 4. The van der Waals surface area contributed by atoms with Gasteiger partial charge in [0, 0.05) is 63.7 Å². The van der Waals surface area contributed by atoms with Gasteiger partial charge in [-0.1, -0.05) is 36.4 Å². The number of H-pyrrole nitrogens is 2. The number of halogens is 1. The summed E-state index contributed by atoms with van der Waals surface area (Å²) < 4.78 is 12.1. The Balaban J connectivity index is 1.95. The van der Waals surface area contributed by atoms with Crippen molar-refractivity contribution in [3.63, 3.8) is 0 Å². The number of hydrogen-bond donors (Lipinski definition) is 4. The van der Waals surface area contributed by atoms with Gasteiger partial charge in [-0.15, -0.1) is 0 Å². The van der Waals surface area contributed by atoms with Crippen molar-refractivity contribution in [3.8, 4) is 0 Å². The zero-order valence-corrected chi connectivity index (χ0v) is 33.3. The van der Waals surface area contributed by atoms with Crippen molar-refractivity contribution in [1.82, 2.24) is 25.3 Å². The number of carbonyl (C=O) groups excluding carboxylic acids is 3. The first-order chi connectivity index (χ1) is 25.3. The summed E-state index contributed by atoms with van der Waals surface area (Å²) in [5, 5.41) is 12.0. The lowest BCUT2D eigenvalue weighted by atomic mass is 9.84. The topological polar surface area (TPSA) is 176 Å². The highest BCUT2D eigenvalue weighted by Gasteiger charge is 2.35. The largest absolute Gasteiger partial charge is 0.481 e. The summed E-state index contributed by atoms with van der Waals surface area (Å²) in [6, 6.07) is 6.07. The molecule has 5 rings (SSSR count). The van der Waals surface area contributed by atoms with Crippen LogP contribution in [0.3, 0.4) is 0 Å². The van der Waals surface area contributed by atoms with E-state index in [-0.39, 0.29) is 54.9 Å². The third-order valence-corrected chi connectivity index (χ3v) is 10.6. The third-order valence-electron chi connectivity index (χ3n) is 10.3. The fourth-order valence-electron chi connectivity index (χ4n) is 7.28. The molecule has 12 nitrogen and oxygen atoms in total. The van der Waals surface area contributed by atoms with Crippen LogP contribution in [-0.4, -0.2) is 69.6 Å². The smallest absolute Gasteiger partial charge is 0.310 e. The van der Waals surface area contributed by atoms with Crippen LogP contribution in [0.1, 0.15) is 109 Å². The SMILES string of the molecule is CCc1c(C)c2cc3[nH]c(cc4nc(c(CC(=O)OC)c5nc(cc1[nH]2)C(C)=C5C(=O)NCCC(=O)O)[C@@H](CCCC(=O)OC)[C@@H]4C)c(C)c3/C=C/I. The number of aromatic nitrogens is 4. The van der Waals surface area contributed by atoms with Gasteiger partial charge in [0.25, 0.3) is 5.91 Å². The van der Waals surface area contributed by atoms with E-state index in [0.717, 1.165) is 56.4 Å². The number of esters is 2. The molecular weight excluding hydrogens is 789 g/mol. The van der Waals surface area contributed by atoms with Crippen molar-refractivity contribution in [2.75, 3.05) is 20.8 Å². The van der Waals surface area contributed by atoms with Gasteiger partial charge in [-0.25, -0.2) is 4.98 Å². The second kappa shape index (κ2) is 16.9. The molecule has 5 heterocycles. The van der Waals surface area contributed by atoms with Crippen LogP contribution in [0.25, 0.3) is 39.3 Å². The highest BCUT2D eigenvalue weighted by molar-refractivity contribution is 14.1. The monoisotopic (exact) mass is 835 g/mol. The number of ether oxygens (including phenoxy) is 2. The molecule has 3 aromatic heterocycles. The normalized spacial score (nSPS) is 15.5. The standard InChI is InChI=1S/C40H46IN5O7/c1-8-24-20(2)29-18-33-25(12-14-41)21(3)28(44-33)17-30-22(4)26(10-9-11-35(49)52-6)38(45-30)27(16-36(50)53-7)39-37(40(51)42-15-13-34(47)48)23(5)31(46-39)19-32(24)43-29/h12,14,17-19,22,26,43-44H,8-11,13,15-16H2,1-7H3,(H,42,51)(H,47,48)/b14-12+,28-17?,29-18?,30-17?,31-19?,32-19?,33-18?,38-27?,39-27?/t22-,26-/m0/s1. The quantitative estimate of drug-likeness (QED) is 0.107. The number of carboxylic acid groups (broad SMARTS) is 1. The maximum Gasteiger partial charge on any atom is 0.310 e. The number of hydrogen-bond acceptors (Lipinski definition) is 8. The van der Waals surface area contributed by atoms with Crippen LogP contribution in [0.4, 0.5) is 0 Å². The number of allylic oxidation sites excluding steroid dienone is 1. The van der Waals surface area contributed by atoms with Gasteiger partial charge in [-0.05, 0) is 90.7 Å². The van der Waals surface area contributed by atoms with E-state index in [1.807, 2.05) is 16.2 Å². The van der Waals surface area contributed by atoms with Gasteiger partial charge in [-0.2, -0.15) is 0 Å². The molecule has 13 heteroatoms. The number of rotatable bonds is 12. The molecule has 1 amide bonds. The van der Waals surface area contributed by atoms with E-state index in [0.29, 0.717) is 35.4 Å². The van der Waals surface area contributed by atoms with E-state index in [1.54, 1.807) is 6.92 Å². The van der Waals surface area contributed by atoms with Crippen molar-refractivity contribution in [3.05, 3.63) is 72.9 Å². The molecule has 0 radical (unpaired) electrons. The van der Waals surface area contributed by atoms with Crippen molar-refractivity contribution in [2.45, 2.75) is 85.0 Å². The summed E-state index contributed by atoms with van der Waals surface area (Å²) in [4.78, 5) is 68.3. The van der Waals surface area contributed by atoms with E-state index in [9.17, 15) is 24.3 Å². The zero-order chi connectivity index (χ0) is 38.6. The molecule has 2 aliphatic rings. The van der Waals surface area contributed by atoms with Crippen molar-refractivity contribution >= 4 is 85.7 Å². The minimum absolute atomic E-state index is 0.0916. The minimum atomic E-state index is -1.04. The molecule has 0 aliphatic carbocycles. The lowest BCUT2D eigenvalue weighted by molar-refractivity contribution is -0.141. The molecule has 0 saturated carbocycles. The van der Waals surface area contributed by atoms with E-state index in [1.165, 1.54) is 14.2 Å². The Morgan fingerprint density at radius 3 is 2.28 bits per heavy atom. The van der Waals surface area contributed by atoms with Gasteiger partial charge in [0.05, 0.1) is 49.7 Å². The number of nitrogens with zero attached hydrogens (tertiary/aromatic N) is 2. The predicted molar refractivity (Wildman–Crippen MR) is 213 cm³/mol. The highest BCUT2D eigenvalue weighted by atomic mass is 127. The summed E-state index contributed by atoms with van der Waals surface area (Å²) in [7, 11) is 2.67. The predicted octanol–water partition coefficient (Wildman–Crippen LogP) is 7.37. The van der Waals surface area contributed by atoms with Crippen LogP contribution in [0.2, 0.25) is 0 Å². The van der Waals surface area contributed by atoms with E-state index >= 15 is 0 Å². The van der Waals surface area contributed by atoms with Gasteiger partial charge in [0.15, 0.2) is 0 Å². The molecule has 280 valence electrons. The molecule has 0 fully saturated rings. The first-order valence-corrected chi connectivity index (χ1v) is 19.0. The second-order valence-electron chi connectivity index (χ2n) is 13.4. The van der Waals surface area contributed by atoms with Gasteiger partial charge in [0.2, 0.25) is 0 Å². The fourth-order valence-corrected chi connectivity index (χ4v) is 7.64. The molecule has 0 aromatic carbocycles. The Labute approximate surface area is 322 Å². The summed E-state index contributed by atoms with van der Waals surface area (Å²) >= 11 is 2.23. The van der Waals surface area contributed by atoms with E-state index in [2.05, 4.69) is 77.7 Å². The van der Waals surface area contributed by atoms with Gasteiger partial charge >= 0.3 is 17.9 Å². The van der Waals surface area contributed by atoms with Gasteiger partial charge < -0.3 is 29.9 Å². The molecule has 4 N–H and O–H groups in total. The maximum absolute atomic E-state index is 14.0. The molecule has 8 bridgehead atoms. The Morgan fingerprint density at radius 2 is 1.62 bits per heavy atom. The number of aryl methyl sites for hydroxylation is 3. The Hall–Kier alpha value is -4.79. The Bertz CT molecular complexity index is 2200. The molecule has 0 unspecified atom stereocenters. The van der Waals surface area contributed by atoms with Crippen LogP contribution >= 0.6 is 22.6 Å². The number of methoxy groups -OCH3 is 2. The summed E-state index contributed by atoms with van der Waals surface area (Å²) in [6.07, 6.45) is 3.60. The van der Waals surface area contributed by atoms with Crippen molar-refractivity contribution < 1.29 is 33.8 Å². The highest BCUT2D eigenvalue weighted by Crippen LogP contribution is 2.44. The zero-order valence-electron chi connectivity index (χ0n) is 31.2. The Morgan fingerprint density at radius 1 is 0.925 bits per heavy atom. The minimum Gasteiger partial charge on any atom is -0.481 e. The lowest BCUT2D eigenvalue weighted by Gasteiger charge is -2.19. The molecule has 3 aromatic rings. The van der Waals surface area contributed by atoms with E-state index < -0.39 is 17.8 Å². The van der Waals surface area contributed by atoms with Gasteiger partial charge in [-0.3, -0.25) is 24.2 Å². The Kier molecular flexibility index (Phi) is 12.6. The van der Waals surface area contributed by atoms with Crippen LogP contribution in [0.5, 0.6) is 0 Å². The fraction of sp³-hybridized carbons (Fsp3) is 0.400. The van der Waals surface area contributed by atoms with Crippen molar-refractivity contribution in [1.29, 1.82) is 0 Å². The van der Waals surface area contributed by atoms with Crippen molar-refractivity contribution in [2.24, 2.45) is 0 Å².